The molecule has 152 valence electrons. The van der Waals surface area contributed by atoms with Crippen LogP contribution in [-0.2, 0) is 5.41 Å². The number of fused-ring (bicyclic) bond motifs is 5. The van der Waals surface area contributed by atoms with Gasteiger partial charge < -0.3 is 4.74 Å². The van der Waals surface area contributed by atoms with Crippen molar-refractivity contribution >= 4 is 10.8 Å². The molecule has 1 nitrogen and oxygen atoms in total. The molecule has 7 rings (SSSR count). The van der Waals surface area contributed by atoms with Gasteiger partial charge in [0.15, 0.2) is 0 Å². The van der Waals surface area contributed by atoms with Crippen LogP contribution >= 0.6 is 0 Å². The van der Waals surface area contributed by atoms with E-state index in [-0.39, 0.29) is 5.41 Å². The van der Waals surface area contributed by atoms with Crippen LogP contribution in [0.15, 0.2) is 97.1 Å². The number of rotatable bonds is 1. The SMILES string of the molecule is CC1(C)c2ccccc2-c2cccc(-c3ccc4c(c3)Oc3cccc5cccc-4c35)c21. The van der Waals surface area contributed by atoms with Gasteiger partial charge in [-0.2, -0.15) is 0 Å². The zero-order chi connectivity index (χ0) is 21.4. The van der Waals surface area contributed by atoms with Crippen LogP contribution in [0.3, 0.4) is 0 Å². The molecule has 5 aromatic carbocycles. The molecule has 0 saturated carbocycles. The fourth-order valence-electron chi connectivity index (χ4n) is 5.82. The highest BCUT2D eigenvalue weighted by Gasteiger charge is 2.37. The van der Waals surface area contributed by atoms with Crippen molar-refractivity contribution in [2.24, 2.45) is 0 Å². The van der Waals surface area contributed by atoms with Crippen LogP contribution in [-0.4, -0.2) is 0 Å². The fraction of sp³-hybridized carbons (Fsp3) is 0.0968. The molecule has 0 amide bonds. The second kappa shape index (κ2) is 6.11. The smallest absolute Gasteiger partial charge is 0.135 e. The molecule has 0 atom stereocenters. The highest BCUT2D eigenvalue weighted by Crippen LogP contribution is 2.53. The highest BCUT2D eigenvalue weighted by atomic mass is 16.5. The molecule has 0 saturated heterocycles. The maximum absolute atomic E-state index is 6.44. The summed E-state index contributed by atoms with van der Waals surface area (Å²) in [6.07, 6.45) is 0. The molecule has 0 bridgehead atoms. The van der Waals surface area contributed by atoms with E-state index >= 15 is 0 Å². The van der Waals surface area contributed by atoms with Gasteiger partial charge in [0.25, 0.3) is 0 Å². The molecular weight excluding hydrogens is 388 g/mol. The summed E-state index contributed by atoms with van der Waals surface area (Å²) in [6.45, 7) is 4.68. The number of hydrogen-bond acceptors (Lipinski definition) is 1. The Labute approximate surface area is 187 Å². The van der Waals surface area contributed by atoms with Crippen molar-refractivity contribution in [1.82, 2.24) is 0 Å². The third kappa shape index (κ3) is 2.23. The maximum atomic E-state index is 6.44. The number of ether oxygens (including phenoxy) is 1. The summed E-state index contributed by atoms with van der Waals surface area (Å²) < 4.78 is 6.44. The third-order valence-corrected chi connectivity index (χ3v) is 7.25. The van der Waals surface area contributed by atoms with Crippen molar-refractivity contribution in [3.63, 3.8) is 0 Å². The number of hydrogen-bond donors (Lipinski definition) is 0. The average molecular weight is 411 g/mol. The quantitative estimate of drug-likeness (QED) is 0.264. The van der Waals surface area contributed by atoms with E-state index in [1.54, 1.807) is 0 Å². The van der Waals surface area contributed by atoms with Gasteiger partial charge in [-0.1, -0.05) is 92.7 Å². The van der Waals surface area contributed by atoms with E-state index in [9.17, 15) is 0 Å². The first-order valence-corrected chi connectivity index (χ1v) is 11.2. The molecular formula is C31H22O. The molecule has 2 aliphatic rings. The Kier molecular flexibility index (Phi) is 3.40. The lowest BCUT2D eigenvalue weighted by Crippen LogP contribution is -2.16. The molecule has 5 aromatic rings. The van der Waals surface area contributed by atoms with Crippen molar-refractivity contribution in [3.8, 4) is 44.9 Å². The molecule has 0 radical (unpaired) electrons. The molecule has 1 aliphatic heterocycles. The minimum absolute atomic E-state index is 0.0442. The Morgan fingerprint density at radius 1 is 0.562 bits per heavy atom. The molecule has 1 heteroatoms. The first kappa shape index (κ1) is 17.8. The summed E-state index contributed by atoms with van der Waals surface area (Å²) >= 11 is 0. The second-order valence-electron chi connectivity index (χ2n) is 9.37. The zero-order valence-electron chi connectivity index (χ0n) is 18.1. The Balaban J connectivity index is 1.44. The molecule has 0 unspecified atom stereocenters. The summed E-state index contributed by atoms with van der Waals surface area (Å²) in [6, 6.07) is 35.0. The van der Waals surface area contributed by atoms with Gasteiger partial charge in [0, 0.05) is 16.4 Å². The van der Waals surface area contributed by atoms with E-state index in [0.717, 1.165) is 17.1 Å². The van der Waals surface area contributed by atoms with E-state index in [0.29, 0.717) is 0 Å². The van der Waals surface area contributed by atoms with Gasteiger partial charge in [-0.15, -0.1) is 0 Å². The maximum Gasteiger partial charge on any atom is 0.135 e. The first-order chi connectivity index (χ1) is 15.6. The van der Waals surface area contributed by atoms with Gasteiger partial charge in [-0.25, -0.2) is 0 Å². The fourth-order valence-corrected chi connectivity index (χ4v) is 5.82. The van der Waals surface area contributed by atoms with Crippen molar-refractivity contribution in [2.45, 2.75) is 19.3 Å². The normalized spacial score (nSPS) is 14.4. The third-order valence-electron chi connectivity index (χ3n) is 7.25. The second-order valence-corrected chi connectivity index (χ2v) is 9.37. The highest BCUT2D eigenvalue weighted by molar-refractivity contribution is 6.04. The van der Waals surface area contributed by atoms with Gasteiger partial charge >= 0.3 is 0 Å². The predicted molar refractivity (Wildman–Crippen MR) is 132 cm³/mol. The van der Waals surface area contributed by atoms with Crippen LogP contribution < -0.4 is 4.74 Å². The number of benzene rings is 5. The van der Waals surface area contributed by atoms with Crippen LogP contribution in [0, 0.1) is 0 Å². The van der Waals surface area contributed by atoms with Gasteiger partial charge in [0.2, 0.25) is 0 Å². The van der Waals surface area contributed by atoms with Crippen LogP contribution in [0.4, 0.5) is 0 Å². The van der Waals surface area contributed by atoms with E-state index in [2.05, 4.69) is 111 Å². The Bertz CT molecular complexity index is 1570. The van der Waals surface area contributed by atoms with Crippen LogP contribution in [0.1, 0.15) is 25.0 Å². The average Bonchev–Trinajstić information content (AvgIpc) is 3.06. The van der Waals surface area contributed by atoms with Crippen molar-refractivity contribution in [1.29, 1.82) is 0 Å². The molecule has 0 aromatic heterocycles. The van der Waals surface area contributed by atoms with Gasteiger partial charge in [-0.3, -0.25) is 0 Å². The molecule has 0 N–H and O–H groups in total. The van der Waals surface area contributed by atoms with Crippen molar-refractivity contribution in [2.75, 3.05) is 0 Å². The van der Waals surface area contributed by atoms with Crippen molar-refractivity contribution in [3.05, 3.63) is 108 Å². The summed E-state index contributed by atoms with van der Waals surface area (Å²) in [4.78, 5) is 0. The van der Waals surface area contributed by atoms with Crippen molar-refractivity contribution < 1.29 is 4.74 Å². The minimum Gasteiger partial charge on any atom is -0.456 e. The zero-order valence-corrected chi connectivity index (χ0v) is 18.1. The van der Waals surface area contributed by atoms with Crippen LogP contribution in [0.25, 0.3) is 44.2 Å². The largest absolute Gasteiger partial charge is 0.456 e. The summed E-state index contributed by atoms with van der Waals surface area (Å²) in [5.41, 5.74) is 10.3. The Morgan fingerprint density at radius 3 is 2.19 bits per heavy atom. The van der Waals surface area contributed by atoms with Crippen LogP contribution in [0.5, 0.6) is 11.5 Å². The van der Waals surface area contributed by atoms with Gasteiger partial charge in [-0.05, 0) is 62.5 Å². The van der Waals surface area contributed by atoms with E-state index in [1.807, 2.05) is 0 Å². The minimum atomic E-state index is -0.0442. The molecule has 1 heterocycles. The molecule has 1 aliphatic carbocycles. The Hall–Kier alpha value is -3.84. The standard InChI is InChI=1S/C31H22O/c1-31(2)26-14-4-3-10-22(26)25-13-7-11-21(30(25)31)20-16-17-23-24-12-5-8-19-9-6-15-27(29(19)24)32-28(23)18-20/h3-18H,1-2H3. The molecule has 0 fully saturated rings. The van der Waals surface area contributed by atoms with E-state index in [1.165, 1.54) is 49.7 Å². The Morgan fingerprint density at radius 2 is 1.28 bits per heavy atom. The van der Waals surface area contributed by atoms with E-state index in [4.69, 9.17) is 4.74 Å². The lowest BCUT2D eigenvalue weighted by atomic mass is 9.78. The summed E-state index contributed by atoms with van der Waals surface area (Å²) in [7, 11) is 0. The summed E-state index contributed by atoms with van der Waals surface area (Å²) in [5, 5.41) is 2.42. The van der Waals surface area contributed by atoms with Gasteiger partial charge in [0.1, 0.15) is 11.5 Å². The first-order valence-electron chi connectivity index (χ1n) is 11.2. The predicted octanol–water partition coefficient (Wildman–Crippen LogP) is 8.59. The molecule has 0 spiro atoms. The summed E-state index contributed by atoms with van der Waals surface area (Å²) in [5.74, 6) is 1.87. The van der Waals surface area contributed by atoms with Crippen LogP contribution in [0.2, 0.25) is 0 Å². The molecule has 32 heavy (non-hydrogen) atoms. The van der Waals surface area contributed by atoms with E-state index < -0.39 is 0 Å². The topological polar surface area (TPSA) is 9.23 Å². The lowest BCUT2D eigenvalue weighted by molar-refractivity contribution is 0.487. The monoisotopic (exact) mass is 410 g/mol. The van der Waals surface area contributed by atoms with Gasteiger partial charge in [0.05, 0.1) is 0 Å². The lowest BCUT2D eigenvalue weighted by Gasteiger charge is -2.25.